The molecule has 1 aromatic carbocycles. The third-order valence-corrected chi connectivity index (χ3v) is 3.88. The van der Waals surface area contributed by atoms with Crippen LogP contribution < -0.4 is 4.72 Å². The highest BCUT2D eigenvalue weighted by atomic mass is 32.2. The zero-order valence-corrected chi connectivity index (χ0v) is 12.5. The minimum atomic E-state index is -0.558. The molecule has 0 aliphatic rings. The zero-order valence-electron chi connectivity index (χ0n) is 11.7. The highest BCUT2D eigenvalue weighted by Gasteiger charge is 2.09. The predicted octanol–water partition coefficient (Wildman–Crippen LogP) is 4.35. The van der Waals surface area contributed by atoms with Gasteiger partial charge < -0.3 is 9.71 Å². The second-order valence-electron chi connectivity index (χ2n) is 4.60. The molecule has 0 bridgehead atoms. The Morgan fingerprint density at radius 1 is 1.22 bits per heavy atom. The smallest absolute Gasteiger partial charge is 0.222 e. The summed E-state index contributed by atoms with van der Waals surface area (Å²) in [6.07, 6.45) is 3.06. The van der Waals surface area contributed by atoms with E-state index in [0.717, 1.165) is 11.0 Å². The summed E-state index contributed by atoms with van der Waals surface area (Å²) in [4.78, 5) is 7.31. The molecule has 0 spiro atoms. The maximum atomic E-state index is 13.8. The van der Waals surface area contributed by atoms with Crippen molar-refractivity contribution in [2.75, 3.05) is 4.72 Å². The SMILES string of the molecule is N#Cc1ccc(NSc2c[nH]c(-c3cccnc3F)c2)c(F)c1. The van der Waals surface area contributed by atoms with E-state index < -0.39 is 11.8 Å². The average molecular weight is 328 g/mol. The summed E-state index contributed by atoms with van der Waals surface area (Å²) in [6, 6.07) is 11.1. The van der Waals surface area contributed by atoms with Gasteiger partial charge in [0.05, 0.1) is 28.6 Å². The molecule has 7 heteroatoms. The van der Waals surface area contributed by atoms with E-state index >= 15 is 0 Å². The van der Waals surface area contributed by atoms with Crippen LogP contribution in [0.2, 0.25) is 0 Å². The van der Waals surface area contributed by atoms with Gasteiger partial charge in [0.2, 0.25) is 5.95 Å². The lowest BCUT2D eigenvalue weighted by Crippen LogP contribution is -1.91. The van der Waals surface area contributed by atoms with Gasteiger partial charge in [0, 0.05) is 17.3 Å². The fourth-order valence-corrected chi connectivity index (χ4v) is 2.65. The van der Waals surface area contributed by atoms with E-state index in [0.29, 0.717) is 11.3 Å². The first-order chi connectivity index (χ1) is 11.2. The van der Waals surface area contributed by atoms with Gasteiger partial charge in [0.25, 0.3) is 0 Å². The number of halogens is 2. The van der Waals surface area contributed by atoms with Crippen LogP contribution in [0.4, 0.5) is 14.5 Å². The van der Waals surface area contributed by atoms with E-state index in [1.807, 2.05) is 6.07 Å². The molecule has 3 aromatic rings. The Labute approximate surface area is 135 Å². The minimum absolute atomic E-state index is 0.258. The first kappa shape index (κ1) is 15.1. The van der Waals surface area contributed by atoms with Gasteiger partial charge in [-0.05, 0) is 48.3 Å². The summed E-state index contributed by atoms with van der Waals surface area (Å²) in [7, 11) is 0. The number of aromatic amines is 1. The third-order valence-electron chi connectivity index (χ3n) is 3.08. The van der Waals surface area contributed by atoms with Crippen molar-refractivity contribution in [3.63, 3.8) is 0 Å². The molecule has 3 rings (SSSR count). The van der Waals surface area contributed by atoms with Gasteiger partial charge in [0.1, 0.15) is 5.82 Å². The molecule has 2 heterocycles. The molecule has 23 heavy (non-hydrogen) atoms. The van der Waals surface area contributed by atoms with E-state index in [9.17, 15) is 8.78 Å². The van der Waals surface area contributed by atoms with Crippen LogP contribution in [0.25, 0.3) is 11.3 Å². The Morgan fingerprint density at radius 3 is 2.83 bits per heavy atom. The molecule has 0 fully saturated rings. The van der Waals surface area contributed by atoms with E-state index in [1.165, 1.54) is 30.3 Å². The van der Waals surface area contributed by atoms with Crippen LogP contribution >= 0.6 is 11.9 Å². The summed E-state index contributed by atoms with van der Waals surface area (Å²) in [5.41, 5.74) is 1.47. The average Bonchev–Trinajstić information content (AvgIpc) is 3.02. The van der Waals surface area contributed by atoms with Crippen LogP contribution in [0.15, 0.2) is 53.7 Å². The number of nitriles is 1. The molecule has 4 nitrogen and oxygen atoms in total. The minimum Gasteiger partial charge on any atom is -0.360 e. The van der Waals surface area contributed by atoms with E-state index in [-0.39, 0.29) is 11.3 Å². The van der Waals surface area contributed by atoms with Crippen LogP contribution in [0, 0.1) is 23.1 Å². The molecule has 2 N–H and O–H groups in total. The Kier molecular flexibility index (Phi) is 4.26. The summed E-state index contributed by atoms with van der Waals surface area (Å²) in [5, 5.41) is 8.71. The first-order valence-electron chi connectivity index (χ1n) is 6.59. The normalized spacial score (nSPS) is 10.3. The molecule has 0 aliphatic carbocycles. The van der Waals surface area contributed by atoms with Crippen LogP contribution in [-0.4, -0.2) is 9.97 Å². The summed E-state index contributed by atoms with van der Waals surface area (Å²) in [6.45, 7) is 0. The molecule has 0 aliphatic heterocycles. The number of aromatic nitrogens is 2. The molecule has 114 valence electrons. The van der Waals surface area contributed by atoms with Gasteiger partial charge in [0.15, 0.2) is 0 Å². The maximum Gasteiger partial charge on any atom is 0.222 e. The third kappa shape index (κ3) is 3.33. The number of pyridine rings is 1. The van der Waals surface area contributed by atoms with Crippen molar-refractivity contribution in [3.05, 3.63) is 66.1 Å². The van der Waals surface area contributed by atoms with Gasteiger partial charge in [-0.2, -0.15) is 9.65 Å². The number of benzene rings is 1. The lowest BCUT2D eigenvalue weighted by atomic mass is 10.2. The Hall–Kier alpha value is -2.85. The molecule has 2 aromatic heterocycles. The van der Waals surface area contributed by atoms with Gasteiger partial charge in [-0.1, -0.05) is 0 Å². The van der Waals surface area contributed by atoms with Gasteiger partial charge in [-0.25, -0.2) is 9.37 Å². The fourth-order valence-electron chi connectivity index (χ4n) is 1.96. The number of anilines is 1. The van der Waals surface area contributed by atoms with Gasteiger partial charge in [-0.3, -0.25) is 0 Å². The van der Waals surface area contributed by atoms with Crippen molar-refractivity contribution < 1.29 is 8.78 Å². The molecular formula is C16H10F2N4S. The number of rotatable bonds is 4. The maximum absolute atomic E-state index is 13.8. The Morgan fingerprint density at radius 2 is 2.09 bits per heavy atom. The van der Waals surface area contributed by atoms with Crippen molar-refractivity contribution in [1.82, 2.24) is 9.97 Å². The second kappa shape index (κ2) is 6.50. The summed E-state index contributed by atoms with van der Waals surface area (Å²) < 4.78 is 30.3. The van der Waals surface area contributed by atoms with Crippen molar-refractivity contribution >= 4 is 17.6 Å². The zero-order chi connectivity index (χ0) is 16.2. The van der Waals surface area contributed by atoms with Crippen LogP contribution in [0.5, 0.6) is 0 Å². The molecule has 0 saturated carbocycles. The highest BCUT2D eigenvalue weighted by Crippen LogP contribution is 2.28. The monoisotopic (exact) mass is 328 g/mol. The molecule has 0 amide bonds. The van der Waals surface area contributed by atoms with E-state index in [1.54, 1.807) is 24.4 Å². The number of hydrogen-bond acceptors (Lipinski definition) is 4. The highest BCUT2D eigenvalue weighted by molar-refractivity contribution is 8.00. The van der Waals surface area contributed by atoms with E-state index in [2.05, 4.69) is 14.7 Å². The van der Waals surface area contributed by atoms with Crippen LogP contribution in [0.3, 0.4) is 0 Å². The summed E-state index contributed by atoms with van der Waals surface area (Å²) >= 11 is 1.18. The fraction of sp³-hybridized carbons (Fsp3) is 0. The first-order valence-corrected chi connectivity index (χ1v) is 7.41. The lowest BCUT2D eigenvalue weighted by Gasteiger charge is -2.05. The quantitative estimate of drug-likeness (QED) is 0.552. The number of nitrogens with zero attached hydrogens (tertiary/aromatic N) is 2. The standard InChI is InChI=1S/C16H10F2N4S/c17-13-6-10(8-19)3-4-14(13)22-23-11-7-15(21-9-11)12-2-1-5-20-16(12)18/h1-7,9,21-22H. The lowest BCUT2D eigenvalue weighted by molar-refractivity contribution is 0.587. The van der Waals surface area contributed by atoms with Crippen molar-refractivity contribution in [3.8, 4) is 17.3 Å². The second-order valence-corrected chi connectivity index (χ2v) is 5.48. The van der Waals surface area contributed by atoms with Crippen LogP contribution in [-0.2, 0) is 0 Å². The van der Waals surface area contributed by atoms with Gasteiger partial charge >= 0.3 is 0 Å². The molecule has 0 saturated heterocycles. The number of H-pyrrole nitrogens is 1. The Balaban J connectivity index is 1.73. The van der Waals surface area contributed by atoms with Crippen molar-refractivity contribution in [2.24, 2.45) is 0 Å². The number of nitrogens with one attached hydrogen (secondary N) is 2. The van der Waals surface area contributed by atoms with Crippen LogP contribution in [0.1, 0.15) is 5.56 Å². The van der Waals surface area contributed by atoms with E-state index in [4.69, 9.17) is 5.26 Å². The van der Waals surface area contributed by atoms with Crippen molar-refractivity contribution in [1.29, 1.82) is 5.26 Å². The Bertz CT molecular complexity index is 886. The topological polar surface area (TPSA) is 64.5 Å². The largest absolute Gasteiger partial charge is 0.360 e. The molecule has 0 radical (unpaired) electrons. The molecular weight excluding hydrogens is 318 g/mol. The number of hydrogen-bond donors (Lipinski definition) is 2. The summed E-state index contributed by atoms with van der Waals surface area (Å²) in [5.74, 6) is -1.07. The molecule has 0 unspecified atom stereocenters. The molecule has 0 atom stereocenters. The predicted molar refractivity (Wildman–Crippen MR) is 84.6 cm³/mol. The van der Waals surface area contributed by atoms with Gasteiger partial charge in [-0.15, -0.1) is 0 Å². The van der Waals surface area contributed by atoms with Crippen molar-refractivity contribution in [2.45, 2.75) is 4.90 Å².